The third-order valence-electron chi connectivity index (χ3n) is 4.25. The summed E-state index contributed by atoms with van der Waals surface area (Å²) in [7, 11) is 1.04. The van der Waals surface area contributed by atoms with Crippen LogP contribution in [0.4, 0.5) is 10.1 Å². The number of esters is 1. The van der Waals surface area contributed by atoms with Crippen LogP contribution in [-0.2, 0) is 9.63 Å². The molecule has 1 unspecified atom stereocenters. The molecular weight excluding hydrogens is 388 g/mol. The lowest BCUT2D eigenvalue weighted by molar-refractivity contribution is -0.272. The van der Waals surface area contributed by atoms with E-state index in [1.54, 1.807) is 18.2 Å². The van der Waals surface area contributed by atoms with Crippen LogP contribution in [0.25, 0.3) is 0 Å². The molecule has 2 aromatic rings. The van der Waals surface area contributed by atoms with E-state index in [0.29, 0.717) is 12.8 Å². The maximum absolute atomic E-state index is 12.6. The molecule has 10 nitrogen and oxygen atoms in total. The average Bonchev–Trinajstić information content (AvgIpc) is 3.18. The van der Waals surface area contributed by atoms with Crippen LogP contribution in [0, 0.1) is 11.1 Å². The molecule has 3 rings (SSSR count). The Hall–Kier alpha value is -2.41. The second-order valence-corrected chi connectivity index (χ2v) is 7.11. The van der Waals surface area contributed by atoms with Crippen LogP contribution in [-0.4, -0.2) is 42.3 Å². The van der Waals surface area contributed by atoms with Gasteiger partial charge in [0.05, 0.1) is 11.5 Å². The minimum atomic E-state index is -2.06. The first-order valence-corrected chi connectivity index (χ1v) is 9.40. The molecule has 0 saturated carbocycles. The third-order valence-corrected chi connectivity index (χ3v) is 5.20. The summed E-state index contributed by atoms with van der Waals surface area (Å²) >= 11 is 0.757. The second kappa shape index (κ2) is 8.73. The number of aromatic nitrogens is 1. The quantitative estimate of drug-likeness (QED) is 0.286. The molecule has 1 aliphatic rings. The number of benzene rings is 1. The average molecular weight is 408 g/mol. The number of carbonyl (C=O) groups is 2. The van der Waals surface area contributed by atoms with Crippen molar-refractivity contribution >= 4 is 33.3 Å². The van der Waals surface area contributed by atoms with Crippen molar-refractivity contribution in [3.05, 3.63) is 41.2 Å². The van der Waals surface area contributed by atoms with Gasteiger partial charge in [-0.3, -0.25) is 14.9 Å². The van der Waals surface area contributed by atoms with E-state index in [1.165, 1.54) is 6.07 Å². The number of hydrogen-bond donors (Lipinski definition) is 3. The first kappa shape index (κ1) is 20.3. The Labute approximate surface area is 164 Å². The van der Waals surface area contributed by atoms with Crippen LogP contribution in [0.5, 0.6) is 5.75 Å². The van der Waals surface area contributed by atoms with Crippen molar-refractivity contribution in [1.82, 2.24) is 15.3 Å². The number of piperidine rings is 1. The lowest BCUT2D eigenvalue weighted by Gasteiger charge is -2.24. The van der Waals surface area contributed by atoms with Gasteiger partial charge in [-0.2, -0.15) is 10.0 Å². The molecule has 2 heterocycles. The topological polar surface area (TPSA) is 133 Å². The summed E-state index contributed by atoms with van der Waals surface area (Å²) in [6, 6.07) is 6.36. The van der Waals surface area contributed by atoms with E-state index in [1.807, 2.05) is 0 Å². The van der Waals surface area contributed by atoms with E-state index in [-0.39, 0.29) is 33.3 Å². The fraction of sp³-hybridized carbons (Fsp3) is 0.353. The summed E-state index contributed by atoms with van der Waals surface area (Å²) in [5.41, 5.74) is 0.153. The van der Waals surface area contributed by atoms with Gasteiger partial charge in [0.15, 0.2) is 5.13 Å². The summed E-state index contributed by atoms with van der Waals surface area (Å²) in [6.45, 7) is 1.50. The molecule has 150 valence electrons. The van der Waals surface area contributed by atoms with Crippen molar-refractivity contribution < 1.29 is 24.4 Å². The molecule has 1 aromatic carbocycles. The van der Waals surface area contributed by atoms with Crippen LogP contribution < -0.4 is 20.3 Å². The Bertz CT molecular complexity index is 850. The number of hydrogen-bond acceptors (Lipinski definition) is 9. The van der Waals surface area contributed by atoms with Crippen molar-refractivity contribution in [2.24, 2.45) is 5.92 Å². The Morgan fingerprint density at radius 3 is 2.79 bits per heavy atom. The van der Waals surface area contributed by atoms with E-state index < -0.39 is 10.9 Å². The van der Waals surface area contributed by atoms with Gasteiger partial charge >= 0.3 is 5.97 Å². The fourth-order valence-electron chi connectivity index (χ4n) is 2.70. The molecule has 1 atom stereocenters. The largest absolute Gasteiger partial charge is 0.558 e. The number of nitrogens with one attached hydrogen (secondary N) is 2. The summed E-state index contributed by atoms with van der Waals surface area (Å²) < 4.78 is 5.46. The zero-order valence-corrected chi connectivity index (χ0v) is 15.9. The highest BCUT2D eigenvalue weighted by atomic mass is 32.1. The number of amides is 1. The molecule has 28 heavy (non-hydrogen) atoms. The molecule has 1 aromatic heterocycles. The summed E-state index contributed by atoms with van der Waals surface area (Å²) in [5, 5.41) is 26.7. The number of rotatable bonds is 6. The SMILES string of the molecule is CO[N+]([O-])(O)c1cnc(NC(=O)c2ccccc2OC(=O)C2CCNCC2)s1. The van der Waals surface area contributed by atoms with Crippen LogP contribution in [0.3, 0.4) is 0 Å². The minimum absolute atomic E-state index is 0.0870. The number of nitrogens with zero attached hydrogens (tertiary/aromatic N) is 2. The summed E-state index contributed by atoms with van der Waals surface area (Å²) in [4.78, 5) is 31.2. The molecule has 1 fully saturated rings. The van der Waals surface area contributed by atoms with E-state index in [4.69, 9.17) is 4.74 Å². The van der Waals surface area contributed by atoms with E-state index in [0.717, 1.165) is 37.7 Å². The molecule has 1 saturated heterocycles. The van der Waals surface area contributed by atoms with Crippen molar-refractivity contribution in [2.75, 3.05) is 25.5 Å². The van der Waals surface area contributed by atoms with Gasteiger partial charge in [-0.1, -0.05) is 12.1 Å². The monoisotopic (exact) mass is 408 g/mol. The first-order valence-electron chi connectivity index (χ1n) is 8.58. The standard InChI is InChI=1S/C17H20N4O6S/c1-26-21(24,25)14-10-19-17(28-14)20-15(22)12-4-2-3-5-13(12)27-16(23)11-6-8-18-9-7-11/h2-5,10-11,18,24H,6-9H2,1H3,(H,19,20,22). The van der Waals surface area contributed by atoms with Gasteiger partial charge in [-0.15, -0.1) is 0 Å². The normalized spacial score (nSPS) is 17.0. The van der Waals surface area contributed by atoms with Crippen molar-refractivity contribution in [3.63, 3.8) is 0 Å². The predicted molar refractivity (Wildman–Crippen MR) is 102 cm³/mol. The molecule has 0 spiro atoms. The Balaban J connectivity index is 1.71. The highest BCUT2D eigenvalue weighted by Gasteiger charge is 2.26. The first-order chi connectivity index (χ1) is 13.4. The fourth-order valence-corrected chi connectivity index (χ4v) is 3.44. The number of quaternary nitrogens is 1. The number of para-hydroxylation sites is 1. The van der Waals surface area contributed by atoms with Crippen molar-refractivity contribution in [2.45, 2.75) is 12.8 Å². The van der Waals surface area contributed by atoms with Crippen LogP contribution >= 0.6 is 11.3 Å². The third kappa shape index (κ3) is 4.70. The Morgan fingerprint density at radius 2 is 2.07 bits per heavy atom. The molecular formula is C17H20N4O6S. The molecule has 3 N–H and O–H groups in total. The minimum Gasteiger partial charge on any atom is -0.558 e. The highest BCUT2D eigenvalue weighted by molar-refractivity contribution is 7.19. The van der Waals surface area contributed by atoms with Gasteiger partial charge in [-0.05, 0) is 54.4 Å². The molecule has 0 aliphatic carbocycles. The predicted octanol–water partition coefficient (Wildman–Crippen LogP) is 2.06. The molecule has 0 radical (unpaired) electrons. The van der Waals surface area contributed by atoms with Gasteiger partial charge in [0.25, 0.3) is 10.9 Å². The van der Waals surface area contributed by atoms with Crippen LogP contribution in [0.2, 0.25) is 0 Å². The highest BCUT2D eigenvalue weighted by Crippen LogP contribution is 2.31. The van der Waals surface area contributed by atoms with Crippen molar-refractivity contribution in [3.8, 4) is 5.75 Å². The lowest BCUT2D eigenvalue weighted by atomic mass is 9.98. The van der Waals surface area contributed by atoms with Crippen LogP contribution in [0.1, 0.15) is 23.2 Å². The summed E-state index contributed by atoms with van der Waals surface area (Å²) in [6.07, 6.45) is 2.47. The maximum atomic E-state index is 12.6. The number of thiazole rings is 1. The van der Waals surface area contributed by atoms with Gasteiger partial charge in [0.2, 0.25) is 0 Å². The number of ether oxygens (including phenoxy) is 1. The van der Waals surface area contributed by atoms with Crippen LogP contribution in [0.15, 0.2) is 30.5 Å². The Kier molecular flexibility index (Phi) is 6.34. The lowest BCUT2D eigenvalue weighted by Crippen LogP contribution is -2.36. The smallest absolute Gasteiger partial charge is 0.314 e. The zero-order chi connectivity index (χ0) is 20.1. The van der Waals surface area contributed by atoms with Gasteiger partial charge in [0.1, 0.15) is 19.1 Å². The second-order valence-electron chi connectivity index (χ2n) is 6.10. The van der Waals surface area contributed by atoms with E-state index >= 15 is 0 Å². The van der Waals surface area contributed by atoms with E-state index in [9.17, 15) is 20.0 Å². The van der Waals surface area contributed by atoms with Crippen molar-refractivity contribution in [1.29, 1.82) is 0 Å². The molecule has 1 amide bonds. The number of anilines is 1. The maximum Gasteiger partial charge on any atom is 0.314 e. The van der Waals surface area contributed by atoms with Gasteiger partial charge < -0.3 is 15.3 Å². The van der Waals surface area contributed by atoms with E-state index in [2.05, 4.69) is 20.5 Å². The summed E-state index contributed by atoms with van der Waals surface area (Å²) in [5.74, 6) is -0.991. The molecule has 11 heteroatoms. The number of carbonyl (C=O) groups excluding carboxylic acids is 2. The Morgan fingerprint density at radius 1 is 1.36 bits per heavy atom. The molecule has 0 bridgehead atoms. The zero-order valence-electron chi connectivity index (χ0n) is 15.1. The van der Waals surface area contributed by atoms with Gasteiger partial charge in [0, 0.05) is 0 Å². The molecule has 1 aliphatic heterocycles. The van der Waals surface area contributed by atoms with Gasteiger partial charge in [-0.25, -0.2) is 4.98 Å².